The van der Waals surface area contributed by atoms with Crippen LogP contribution < -0.4 is 0 Å². The lowest BCUT2D eigenvalue weighted by molar-refractivity contribution is -0.112. The van der Waals surface area contributed by atoms with E-state index in [0.29, 0.717) is 11.8 Å². The molecule has 0 amide bonds. The van der Waals surface area contributed by atoms with Crippen molar-refractivity contribution in [2.75, 3.05) is 0 Å². The monoisotopic (exact) mass is 310 g/mol. The van der Waals surface area contributed by atoms with E-state index in [1.54, 1.807) is 0 Å². The topological polar surface area (TPSA) is 17.1 Å². The van der Waals surface area contributed by atoms with E-state index in [-0.39, 0.29) is 5.92 Å². The van der Waals surface area contributed by atoms with Crippen LogP contribution in [0.15, 0.2) is 28.7 Å². The summed E-state index contributed by atoms with van der Waals surface area (Å²) in [5, 5.41) is 0. The van der Waals surface area contributed by atoms with Gasteiger partial charge < -0.3 is 4.79 Å². The minimum atomic E-state index is 0.145. The van der Waals surface area contributed by atoms with E-state index in [1.165, 1.54) is 5.56 Å². The van der Waals surface area contributed by atoms with Crippen LogP contribution in [-0.2, 0) is 4.79 Å². The summed E-state index contributed by atoms with van der Waals surface area (Å²) in [5.41, 5.74) is 1.28. The molecule has 0 aliphatic carbocycles. The summed E-state index contributed by atoms with van der Waals surface area (Å²) in [5.74, 6) is 1.11. The van der Waals surface area contributed by atoms with E-state index in [0.717, 1.165) is 30.0 Å². The van der Waals surface area contributed by atoms with Gasteiger partial charge in [0.2, 0.25) is 0 Å². The highest BCUT2D eigenvalue weighted by atomic mass is 79.9. The Labute approximate surface area is 119 Å². The number of carbonyl (C=O) groups excluding carboxylic acids is 1. The summed E-state index contributed by atoms with van der Waals surface area (Å²) >= 11 is 3.45. The van der Waals surface area contributed by atoms with Crippen LogP contribution in [0.3, 0.4) is 0 Å². The second kappa shape index (κ2) is 7.73. The average molecular weight is 311 g/mol. The molecule has 1 aromatic carbocycles. The van der Waals surface area contributed by atoms with Gasteiger partial charge in [0, 0.05) is 10.4 Å². The number of benzene rings is 1. The summed E-state index contributed by atoms with van der Waals surface area (Å²) < 4.78 is 1.09. The third kappa shape index (κ3) is 4.24. The van der Waals surface area contributed by atoms with Crippen molar-refractivity contribution in [3.05, 3.63) is 34.3 Å². The summed E-state index contributed by atoms with van der Waals surface area (Å²) in [6, 6.07) is 8.38. The Bertz CT molecular complexity index is 358. The van der Waals surface area contributed by atoms with Crippen molar-refractivity contribution in [3.8, 4) is 0 Å². The fraction of sp³-hybridized carbons (Fsp3) is 0.562. The highest BCUT2D eigenvalue weighted by molar-refractivity contribution is 9.10. The van der Waals surface area contributed by atoms with Crippen molar-refractivity contribution in [2.24, 2.45) is 11.8 Å². The van der Waals surface area contributed by atoms with Gasteiger partial charge in [-0.1, -0.05) is 55.3 Å². The standard InChI is InChI=1S/C16H23BrO/c1-4-12(3)10-14(11-18)16(5-2)13-6-8-15(17)9-7-13/h6-9,11-12,14,16H,4-5,10H2,1-3H3. The van der Waals surface area contributed by atoms with Gasteiger partial charge in [-0.05, 0) is 42.4 Å². The molecule has 0 heterocycles. The molecule has 0 saturated heterocycles. The average Bonchev–Trinajstić information content (AvgIpc) is 2.40. The molecule has 18 heavy (non-hydrogen) atoms. The van der Waals surface area contributed by atoms with Crippen LogP contribution in [-0.4, -0.2) is 6.29 Å². The van der Waals surface area contributed by atoms with Crippen LogP contribution in [0, 0.1) is 11.8 Å². The maximum atomic E-state index is 11.4. The minimum absolute atomic E-state index is 0.145. The minimum Gasteiger partial charge on any atom is -0.303 e. The number of carbonyl (C=O) groups is 1. The van der Waals surface area contributed by atoms with Crippen LogP contribution >= 0.6 is 15.9 Å². The Hall–Kier alpha value is -0.630. The Morgan fingerprint density at radius 1 is 1.17 bits per heavy atom. The van der Waals surface area contributed by atoms with Crippen LogP contribution in [0.25, 0.3) is 0 Å². The van der Waals surface area contributed by atoms with Crippen LogP contribution in [0.4, 0.5) is 0 Å². The second-order valence-corrected chi connectivity index (χ2v) is 6.03. The molecule has 3 atom stereocenters. The molecule has 0 aliphatic heterocycles. The van der Waals surface area contributed by atoms with Crippen LogP contribution in [0.1, 0.15) is 51.5 Å². The Balaban J connectivity index is 2.85. The number of rotatable bonds is 7. The van der Waals surface area contributed by atoms with Crippen molar-refractivity contribution >= 4 is 22.2 Å². The smallest absolute Gasteiger partial charge is 0.123 e. The summed E-state index contributed by atoms with van der Waals surface area (Å²) in [7, 11) is 0. The molecule has 0 fully saturated rings. The van der Waals surface area contributed by atoms with Crippen LogP contribution in [0.5, 0.6) is 0 Å². The molecular formula is C16H23BrO. The maximum Gasteiger partial charge on any atom is 0.123 e. The first-order valence-corrected chi connectivity index (χ1v) is 7.62. The molecule has 0 aliphatic rings. The number of hydrogen-bond donors (Lipinski definition) is 0. The predicted octanol–water partition coefficient (Wildman–Crippen LogP) is 5.19. The Kier molecular flexibility index (Phi) is 6.62. The molecule has 3 unspecified atom stereocenters. The van der Waals surface area contributed by atoms with Crippen molar-refractivity contribution in [1.29, 1.82) is 0 Å². The SMILES string of the molecule is CCC(C)CC(C=O)C(CC)c1ccc(Br)cc1. The maximum absolute atomic E-state index is 11.4. The quantitative estimate of drug-likeness (QED) is 0.633. The van der Waals surface area contributed by atoms with E-state index in [9.17, 15) is 4.79 Å². The Morgan fingerprint density at radius 3 is 2.22 bits per heavy atom. The normalized spacial score (nSPS) is 16.0. The van der Waals surface area contributed by atoms with Gasteiger partial charge in [-0.15, -0.1) is 0 Å². The molecule has 1 nitrogen and oxygen atoms in total. The van der Waals surface area contributed by atoms with Gasteiger partial charge >= 0.3 is 0 Å². The van der Waals surface area contributed by atoms with Crippen molar-refractivity contribution in [3.63, 3.8) is 0 Å². The molecule has 1 aromatic rings. The van der Waals surface area contributed by atoms with Gasteiger partial charge in [-0.25, -0.2) is 0 Å². The zero-order valence-electron chi connectivity index (χ0n) is 11.5. The summed E-state index contributed by atoms with van der Waals surface area (Å²) in [6.07, 6.45) is 4.31. The first-order chi connectivity index (χ1) is 8.62. The van der Waals surface area contributed by atoms with Gasteiger partial charge in [0.15, 0.2) is 0 Å². The number of hydrogen-bond acceptors (Lipinski definition) is 1. The molecule has 2 heteroatoms. The zero-order chi connectivity index (χ0) is 13.5. The molecule has 0 aromatic heterocycles. The molecule has 0 N–H and O–H groups in total. The van der Waals surface area contributed by atoms with E-state index < -0.39 is 0 Å². The van der Waals surface area contributed by atoms with Gasteiger partial charge in [0.05, 0.1) is 0 Å². The van der Waals surface area contributed by atoms with E-state index >= 15 is 0 Å². The van der Waals surface area contributed by atoms with Gasteiger partial charge in [-0.2, -0.15) is 0 Å². The van der Waals surface area contributed by atoms with Crippen molar-refractivity contribution in [1.82, 2.24) is 0 Å². The zero-order valence-corrected chi connectivity index (χ0v) is 13.1. The highest BCUT2D eigenvalue weighted by Crippen LogP contribution is 2.32. The number of halogens is 1. The van der Waals surface area contributed by atoms with Gasteiger partial charge in [0.1, 0.15) is 6.29 Å². The molecule has 100 valence electrons. The third-order valence-electron chi connectivity index (χ3n) is 3.80. The lowest BCUT2D eigenvalue weighted by Gasteiger charge is -2.24. The fourth-order valence-corrected chi connectivity index (χ4v) is 2.71. The van der Waals surface area contributed by atoms with Gasteiger partial charge in [-0.3, -0.25) is 0 Å². The lowest BCUT2D eigenvalue weighted by atomic mass is 9.80. The molecule has 0 bridgehead atoms. The largest absolute Gasteiger partial charge is 0.303 e. The second-order valence-electron chi connectivity index (χ2n) is 5.12. The van der Waals surface area contributed by atoms with Gasteiger partial charge in [0.25, 0.3) is 0 Å². The molecule has 1 rings (SSSR count). The van der Waals surface area contributed by atoms with Crippen molar-refractivity contribution < 1.29 is 4.79 Å². The van der Waals surface area contributed by atoms with E-state index in [4.69, 9.17) is 0 Å². The molecule has 0 spiro atoms. The number of aldehydes is 1. The van der Waals surface area contributed by atoms with E-state index in [1.807, 2.05) is 0 Å². The lowest BCUT2D eigenvalue weighted by Crippen LogP contribution is -2.17. The molecule has 0 saturated carbocycles. The molecule has 0 radical (unpaired) electrons. The summed E-state index contributed by atoms with van der Waals surface area (Å²) in [4.78, 5) is 11.4. The van der Waals surface area contributed by atoms with Crippen molar-refractivity contribution in [2.45, 2.75) is 46.0 Å². The van der Waals surface area contributed by atoms with E-state index in [2.05, 4.69) is 61.0 Å². The van der Waals surface area contributed by atoms with Crippen LogP contribution in [0.2, 0.25) is 0 Å². The fourth-order valence-electron chi connectivity index (χ4n) is 2.44. The first-order valence-electron chi connectivity index (χ1n) is 6.83. The predicted molar refractivity (Wildman–Crippen MR) is 80.8 cm³/mol. The highest BCUT2D eigenvalue weighted by Gasteiger charge is 2.22. The molecular weight excluding hydrogens is 288 g/mol. The third-order valence-corrected chi connectivity index (χ3v) is 4.33. The Morgan fingerprint density at radius 2 is 1.78 bits per heavy atom. The summed E-state index contributed by atoms with van der Waals surface area (Å²) in [6.45, 7) is 6.58. The first kappa shape index (κ1) is 15.4.